The molecule has 0 aromatic carbocycles. The highest BCUT2D eigenvalue weighted by atomic mass is 31.2. The highest BCUT2D eigenvalue weighted by Crippen LogP contribution is 2.43. The second-order valence-corrected chi connectivity index (χ2v) is 24.3. The van der Waals surface area contributed by atoms with E-state index in [-0.39, 0.29) is 25.6 Å². The lowest BCUT2D eigenvalue weighted by Gasteiger charge is -2.24. The molecule has 0 fully saturated rings. The summed E-state index contributed by atoms with van der Waals surface area (Å²) in [5.74, 6) is -0.780. The van der Waals surface area contributed by atoms with Crippen LogP contribution in [0.25, 0.3) is 0 Å². The third-order valence-electron chi connectivity index (χ3n) is 14.2. The SMILES string of the molecule is CCCCCCC/C=C\C/C=C\CCCCCCCCCCCCCCCCCCCCCCCCCCCC(=O)OC(COC(=O)CCCCCCCCCCCCCC)COP(=O)(O)OCC[N+](C)(C)C. The number of hydrogen-bond donors (Lipinski definition) is 1. The molecule has 0 bridgehead atoms. The van der Waals surface area contributed by atoms with Gasteiger partial charge in [-0.2, -0.15) is 0 Å². The molecule has 0 aliphatic rings. The predicted octanol–water partition coefficient (Wildman–Crippen LogP) is 19.8. The highest BCUT2D eigenvalue weighted by molar-refractivity contribution is 7.47. The third-order valence-corrected chi connectivity index (χ3v) is 15.2. The lowest BCUT2D eigenvalue weighted by Crippen LogP contribution is -2.37. The van der Waals surface area contributed by atoms with Gasteiger partial charge in [0.1, 0.15) is 19.8 Å². The molecular formula is C63H123NO8P+. The molecule has 73 heavy (non-hydrogen) atoms. The molecule has 2 atom stereocenters. The van der Waals surface area contributed by atoms with Crippen molar-refractivity contribution in [3.05, 3.63) is 24.3 Å². The van der Waals surface area contributed by atoms with Crippen LogP contribution in [0.2, 0.25) is 0 Å². The van der Waals surface area contributed by atoms with Crippen molar-refractivity contribution in [2.24, 2.45) is 0 Å². The maximum Gasteiger partial charge on any atom is 0.472 e. The minimum atomic E-state index is -4.38. The first-order chi connectivity index (χ1) is 35.5. The van der Waals surface area contributed by atoms with Crippen LogP contribution in [0.4, 0.5) is 0 Å². The Bertz CT molecular complexity index is 1280. The Hall–Kier alpha value is -1.51. The van der Waals surface area contributed by atoms with Crippen LogP contribution in [0.3, 0.4) is 0 Å². The Morgan fingerprint density at radius 1 is 0.425 bits per heavy atom. The minimum Gasteiger partial charge on any atom is -0.462 e. The van der Waals surface area contributed by atoms with Gasteiger partial charge in [0.25, 0.3) is 0 Å². The average Bonchev–Trinajstić information content (AvgIpc) is 3.35. The summed E-state index contributed by atoms with van der Waals surface area (Å²) in [7, 11) is 1.50. The van der Waals surface area contributed by atoms with Gasteiger partial charge in [0, 0.05) is 12.8 Å². The summed E-state index contributed by atoms with van der Waals surface area (Å²) in [6.07, 6.45) is 67.2. The molecule has 9 nitrogen and oxygen atoms in total. The fourth-order valence-corrected chi connectivity index (χ4v) is 10.1. The Morgan fingerprint density at radius 2 is 0.740 bits per heavy atom. The van der Waals surface area contributed by atoms with Crippen molar-refractivity contribution in [3.63, 3.8) is 0 Å². The number of carbonyl (C=O) groups is 2. The van der Waals surface area contributed by atoms with Crippen molar-refractivity contribution < 1.29 is 42.1 Å². The molecule has 0 aromatic rings. The van der Waals surface area contributed by atoms with Gasteiger partial charge in [-0.05, 0) is 44.9 Å². The second-order valence-electron chi connectivity index (χ2n) is 22.8. The number of phosphoric acid groups is 1. The summed E-state index contributed by atoms with van der Waals surface area (Å²) in [5, 5.41) is 0. The van der Waals surface area contributed by atoms with Gasteiger partial charge in [-0.25, -0.2) is 4.57 Å². The normalized spacial score (nSPS) is 13.3. The number of quaternary nitrogens is 1. The van der Waals surface area contributed by atoms with Crippen LogP contribution in [0.15, 0.2) is 24.3 Å². The maximum absolute atomic E-state index is 12.8. The number of phosphoric ester groups is 1. The van der Waals surface area contributed by atoms with Gasteiger partial charge >= 0.3 is 19.8 Å². The van der Waals surface area contributed by atoms with E-state index in [2.05, 4.69) is 38.2 Å². The van der Waals surface area contributed by atoms with Gasteiger partial charge in [0.2, 0.25) is 0 Å². The molecule has 0 aliphatic heterocycles. The quantitative estimate of drug-likeness (QED) is 0.0211. The molecule has 0 saturated carbocycles. The number of hydrogen-bond acceptors (Lipinski definition) is 7. The molecule has 0 rings (SSSR count). The summed E-state index contributed by atoms with van der Waals surface area (Å²) in [5.41, 5.74) is 0. The molecule has 0 heterocycles. The predicted molar refractivity (Wildman–Crippen MR) is 312 cm³/mol. The Balaban J connectivity index is 3.87. The molecule has 1 N–H and O–H groups in total. The van der Waals surface area contributed by atoms with Gasteiger partial charge in [-0.1, -0.05) is 282 Å². The van der Waals surface area contributed by atoms with Crippen molar-refractivity contribution >= 4 is 19.8 Å². The second kappa shape index (κ2) is 55.3. The van der Waals surface area contributed by atoms with E-state index in [4.69, 9.17) is 18.5 Å². The number of esters is 2. The molecule has 0 aliphatic carbocycles. The number of allylic oxidation sites excluding steroid dienone is 4. The summed E-state index contributed by atoms with van der Waals surface area (Å²) < 4.78 is 34.5. The van der Waals surface area contributed by atoms with Crippen molar-refractivity contribution in [1.29, 1.82) is 0 Å². The van der Waals surface area contributed by atoms with Crippen molar-refractivity contribution in [2.45, 2.75) is 322 Å². The fourth-order valence-electron chi connectivity index (χ4n) is 9.34. The van der Waals surface area contributed by atoms with E-state index in [0.29, 0.717) is 17.4 Å². The van der Waals surface area contributed by atoms with E-state index in [0.717, 1.165) is 44.9 Å². The fraction of sp³-hybridized carbons (Fsp3) is 0.905. The van der Waals surface area contributed by atoms with Crippen LogP contribution >= 0.6 is 7.82 Å². The van der Waals surface area contributed by atoms with Gasteiger partial charge in [0.15, 0.2) is 6.10 Å². The van der Waals surface area contributed by atoms with Crippen LogP contribution < -0.4 is 0 Å². The lowest BCUT2D eigenvalue weighted by atomic mass is 10.0. The molecular weight excluding hydrogens is 930 g/mol. The number of likely N-dealkylation sites (N-methyl/N-ethyl adjacent to an activating group) is 1. The monoisotopic (exact) mass is 1050 g/mol. The van der Waals surface area contributed by atoms with Crippen molar-refractivity contribution in [1.82, 2.24) is 0 Å². The Labute approximate surface area is 453 Å². The van der Waals surface area contributed by atoms with E-state index in [9.17, 15) is 19.0 Å². The molecule has 0 aromatic heterocycles. The molecule has 0 amide bonds. The summed E-state index contributed by atoms with van der Waals surface area (Å²) in [6, 6.07) is 0. The van der Waals surface area contributed by atoms with Crippen LogP contribution in [-0.4, -0.2) is 74.9 Å². The van der Waals surface area contributed by atoms with E-state index >= 15 is 0 Å². The van der Waals surface area contributed by atoms with Crippen molar-refractivity contribution in [3.8, 4) is 0 Å². The van der Waals surface area contributed by atoms with Crippen LogP contribution in [0.5, 0.6) is 0 Å². The van der Waals surface area contributed by atoms with E-state index in [1.54, 1.807) is 0 Å². The molecule has 0 saturated heterocycles. The first kappa shape index (κ1) is 71.5. The molecule has 10 heteroatoms. The topological polar surface area (TPSA) is 108 Å². The number of rotatable bonds is 59. The highest BCUT2D eigenvalue weighted by Gasteiger charge is 2.27. The first-order valence-electron chi connectivity index (χ1n) is 31.6. The number of unbranched alkanes of at least 4 members (excludes halogenated alkanes) is 41. The maximum atomic E-state index is 12.8. The van der Waals surface area contributed by atoms with Gasteiger partial charge in [0.05, 0.1) is 27.7 Å². The van der Waals surface area contributed by atoms with E-state index in [1.165, 1.54) is 244 Å². The van der Waals surface area contributed by atoms with Crippen LogP contribution in [0.1, 0.15) is 316 Å². The number of nitrogens with zero attached hydrogens (tertiary/aromatic N) is 1. The number of carbonyl (C=O) groups excluding carboxylic acids is 2. The molecule has 432 valence electrons. The van der Waals surface area contributed by atoms with Gasteiger partial charge in [-0.15, -0.1) is 0 Å². The zero-order chi connectivity index (χ0) is 53.5. The largest absolute Gasteiger partial charge is 0.472 e. The Kier molecular flexibility index (Phi) is 54.1. The number of ether oxygens (including phenoxy) is 2. The first-order valence-corrected chi connectivity index (χ1v) is 33.1. The summed E-state index contributed by atoms with van der Waals surface area (Å²) in [4.78, 5) is 35.6. The van der Waals surface area contributed by atoms with Crippen LogP contribution in [-0.2, 0) is 32.7 Å². The van der Waals surface area contributed by atoms with Crippen molar-refractivity contribution in [2.75, 3.05) is 47.5 Å². The average molecular weight is 1050 g/mol. The van der Waals surface area contributed by atoms with Gasteiger partial charge in [-0.3, -0.25) is 18.6 Å². The summed E-state index contributed by atoms with van der Waals surface area (Å²) in [6.45, 7) is 4.46. The van der Waals surface area contributed by atoms with Crippen LogP contribution in [0, 0.1) is 0 Å². The summed E-state index contributed by atoms with van der Waals surface area (Å²) >= 11 is 0. The smallest absolute Gasteiger partial charge is 0.462 e. The van der Waals surface area contributed by atoms with E-state index < -0.39 is 26.5 Å². The lowest BCUT2D eigenvalue weighted by molar-refractivity contribution is -0.870. The minimum absolute atomic E-state index is 0.0358. The molecule has 0 radical (unpaired) electrons. The molecule has 0 spiro atoms. The molecule has 2 unspecified atom stereocenters. The zero-order valence-electron chi connectivity index (χ0n) is 49.1. The van der Waals surface area contributed by atoms with Gasteiger partial charge < -0.3 is 18.9 Å². The zero-order valence-corrected chi connectivity index (χ0v) is 50.0. The standard InChI is InChI=1S/C63H122NO8P/c1-6-8-10-12-14-16-18-20-21-22-23-24-25-26-27-28-29-30-31-32-33-34-35-36-37-38-39-40-41-42-43-44-46-48-50-52-54-56-63(66)72-61(60-71-73(67,68)70-58-57-64(3,4)5)59-69-62(65)55-53-51-49-47-45-19-17-15-13-11-9-7-2/h18,20,22-23,61H,6-17,19,21,24-60H2,1-5H3/p+1/b20-18-,23-22-. The Morgan fingerprint density at radius 3 is 1.08 bits per heavy atom. The van der Waals surface area contributed by atoms with E-state index in [1.807, 2.05) is 21.1 Å². The third kappa shape index (κ3) is 59.6.